The first kappa shape index (κ1) is 18.1. The van der Waals surface area contributed by atoms with Crippen LogP contribution in [0, 0.1) is 12.7 Å². The number of Topliss-reactive ketones (excluding diaryl/α,β-unsaturated/α-hetero) is 1. The maximum atomic E-state index is 13.1. The fraction of sp³-hybridized carbons (Fsp3) is 0.300. The molecule has 0 unspecified atom stereocenters. The molecule has 0 aromatic heterocycles. The van der Waals surface area contributed by atoms with Crippen molar-refractivity contribution < 1.29 is 14.0 Å². The van der Waals surface area contributed by atoms with Crippen LogP contribution < -0.4 is 9.80 Å². The molecule has 27 heavy (non-hydrogen) atoms. The highest BCUT2D eigenvalue weighted by atomic mass is 79.9. The van der Waals surface area contributed by atoms with Crippen molar-refractivity contribution >= 4 is 39.0 Å². The fourth-order valence-electron chi connectivity index (χ4n) is 3.59. The summed E-state index contributed by atoms with van der Waals surface area (Å²) in [5, 5.41) is 0. The molecule has 2 aliphatic heterocycles. The Morgan fingerprint density at radius 1 is 1.00 bits per heavy atom. The standard InChI is InChI=1S/C20H19BrFN3O2/c1-13-2-7-16-17(18(13)21)19(26)20(27)25(16)12-23-8-10-24(11-9-23)15-5-3-14(22)4-6-15/h2-7H,8-12H2,1H3. The molecule has 2 aromatic rings. The van der Waals surface area contributed by atoms with Gasteiger partial charge in [-0.1, -0.05) is 6.07 Å². The summed E-state index contributed by atoms with van der Waals surface area (Å²) >= 11 is 3.44. The molecule has 2 aliphatic rings. The Balaban J connectivity index is 1.46. The first-order valence-corrected chi connectivity index (χ1v) is 9.63. The number of hydrogen-bond acceptors (Lipinski definition) is 4. The second-order valence-electron chi connectivity index (χ2n) is 6.88. The van der Waals surface area contributed by atoms with Crippen LogP contribution in [0.15, 0.2) is 40.9 Å². The summed E-state index contributed by atoms with van der Waals surface area (Å²) in [4.78, 5) is 30.8. The van der Waals surface area contributed by atoms with Crippen molar-refractivity contribution in [1.82, 2.24) is 4.90 Å². The van der Waals surface area contributed by atoms with Gasteiger partial charge in [0, 0.05) is 36.3 Å². The van der Waals surface area contributed by atoms with E-state index in [0.717, 1.165) is 37.4 Å². The van der Waals surface area contributed by atoms with Gasteiger partial charge in [0.05, 0.1) is 17.9 Å². The second kappa shape index (κ2) is 7.05. The van der Waals surface area contributed by atoms with Gasteiger partial charge in [0.2, 0.25) is 0 Å². The number of aryl methyl sites for hydroxylation is 1. The van der Waals surface area contributed by atoms with Gasteiger partial charge in [0.15, 0.2) is 0 Å². The van der Waals surface area contributed by atoms with E-state index in [1.807, 2.05) is 19.1 Å². The molecule has 7 heteroatoms. The summed E-state index contributed by atoms with van der Waals surface area (Å²) in [5.41, 5.74) is 3.06. The van der Waals surface area contributed by atoms with Gasteiger partial charge in [0.1, 0.15) is 5.82 Å². The number of halogens is 2. The number of fused-ring (bicyclic) bond motifs is 1. The minimum absolute atomic E-state index is 0.241. The number of rotatable bonds is 3. The van der Waals surface area contributed by atoms with Crippen LogP contribution in [-0.2, 0) is 4.79 Å². The molecule has 0 N–H and O–H groups in total. The van der Waals surface area contributed by atoms with Gasteiger partial charge < -0.3 is 4.90 Å². The highest BCUT2D eigenvalue weighted by molar-refractivity contribution is 9.10. The summed E-state index contributed by atoms with van der Waals surface area (Å²) in [5.74, 6) is -1.17. The Morgan fingerprint density at radius 3 is 2.33 bits per heavy atom. The molecule has 0 spiro atoms. The number of ketones is 1. The van der Waals surface area contributed by atoms with E-state index in [-0.39, 0.29) is 5.82 Å². The van der Waals surface area contributed by atoms with Crippen LogP contribution in [-0.4, -0.2) is 49.4 Å². The van der Waals surface area contributed by atoms with Crippen molar-refractivity contribution in [3.63, 3.8) is 0 Å². The van der Waals surface area contributed by atoms with Crippen molar-refractivity contribution in [3.8, 4) is 0 Å². The van der Waals surface area contributed by atoms with Crippen LogP contribution in [0.1, 0.15) is 15.9 Å². The Hall–Kier alpha value is -2.25. The van der Waals surface area contributed by atoms with Gasteiger partial charge >= 0.3 is 5.91 Å². The Labute approximate surface area is 165 Å². The lowest BCUT2D eigenvalue weighted by Gasteiger charge is -2.37. The van der Waals surface area contributed by atoms with Gasteiger partial charge in [-0.3, -0.25) is 19.4 Å². The number of amides is 1. The summed E-state index contributed by atoms with van der Waals surface area (Å²) in [6.07, 6.45) is 0. The molecular weight excluding hydrogens is 413 g/mol. The molecule has 5 nitrogen and oxygen atoms in total. The van der Waals surface area contributed by atoms with Gasteiger partial charge in [0.25, 0.3) is 5.78 Å². The Morgan fingerprint density at radius 2 is 1.67 bits per heavy atom. The van der Waals surface area contributed by atoms with Crippen molar-refractivity contribution in [2.45, 2.75) is 6.92 Å². The molecule has 1 amide bonds. The van der Waals surface area contributed by atoms with Crippen LogP contribution in [0.25, 0.3) is 0 Å². The van der Waals surface area contributed by atoms with Crippen molar-refractivity contribution in [1.29, 1.82) is 0 Å². The number of hydrogen-bond donors (Lipinski definition) is 0. The lowest BCUT2D eigenvalue weighted by molar-refractivity contribution is -0.114. The highest BCUT2D eigenvalue weighted by Crippen LogP contribution is 2.36. The molecule has 0 aliphatic carbocycles. The number of carbonyl (C=O) groups is 2. The fourth-order valence-corrected chi connectivity index (χ4v) is 4.11. The van der Waals surface area contributed by atoms with Crippen molar-refractivity contribution in [3.05, 3.63) is 57.8 Å². The normalized spacial score (nSPS) is 17.6. The quantitative estimate of drug-likeness (QED) is 0.699. The van der Waals surface area contributed by atoms with Crippen LogP contribution >= 0.6 is 15.9 Å². The number of carbonyl (C=O) groups excluding carboxylic acids is 2. The third kappa shape index (κ3) is 3.26. The van der Waals surface area contributed by atoms with Gasteiger partial charge in [-0.2, -0.15) is 0 Å². The summed E-state index contributed by atoms with van der Waals surface area (Å²) < 4.78 is 13.8. The van der Waals surface area contributed by atoms with Crippen LogP contribution in [0.5, 0.6) is 0 Å². The number of piperazine rings is 1. The molecule has 140 valence electrons. The summed E-state index contributed by atoms with van der Waals surface area (Å²) in [7, 11) is 0. The molecule has 4 rings (SSSR count). The topological polar surface area (TPSA) is 43.9 Å². The summed E-state index contributed by atoms with van der Waals surface area (Å²) in [6.45, 7) is 5.39. The number of anilines is 2. The largest absolute Gasteiger partial charge is 0.369 e. The molecule has 0 bridgehead atoms. The van der Waals surface area contributed by atoms with E-state index in [9.17, 15) is 14.0 Å². The molecule has 1 saturated heterocycles. The van der Waals surface area contributed by atoms with E-state index >= 15 is 0 Å². The van der Waals surface area contributed by atoms with Crippen molar-refractivity contribution in [2.24, 2.45) is 0 Å². The third-order valence-electron chi connectivity index (χ3n) is 5.18. The van der Waals surface area contributed by atoms with Gasteiger partial charge in [-0.15, -0.1) is 0 Å². The van der Waals surface area contributed by atoms with Crippen LogP contribution in [0.4, 0.5) is 15.8 Å². The average Bonchev–Trinajstić information content (AvgIpc) is 2.91. The number of benzene rings is 2. The second-order valence-corrected chi connectivity index (χ2v) is 7.67. The monoisotopic (exact) mass is 431 g/mol. The maximum absolute atomic E-state index is 13.1. The highest BCUT2D eigenvalue weighted by Gasteiger charge is 2.38. The first-order valence-electron chi connectivity index (χ1n) is 8.84. The zero-order valence-electron chi connectivity index (χ0n) is 14.9. The van der Waals surface area contributed by atoms with E-state index in [0.29, 0.717) is 22.4 Å². The van der Waals surface area contributed by atoms with Crippen LogP contribution in [0.2, 0.25) is 0 Å². The molecule has 2 heterocycles. The SMILES string of the molecule is Cc1ccc2c(c1Br)C(=O)C(=O)N2CN1CCN(c2ccc(F)cc2)CC1. The van der Waals surface area contributed by atoms with Crippen molar-refractivity contribution in [2.75, 3.05) is 42.6 Å². The zero-order valence-corrected chi connectivity index (χ0v) is 16.5. The predicted molar refractivity (Wildman–Crippen MR) is 106 cm³/mol. The minimum atomic E-state index is -0.475. The Kier molecular flexibility index (Phi) is 4.74. The summed E-state index contributed by atoms with van der Waals surface area (Å²) in [6, 6.07) is 10.2. The lowest BCUT2D eigenvalue weighted by Crippen LogP contribution is -2.51. The van der Waals surface area contributed by atoms with E-state index in [4.69, 9.17) is 0 Å². The van der Waals surface area contributed by atoms with E-state index < -0.39 is 11.7 Å². The first-order chi connectivity index (χ1) is 13.0. The molecule has 1 fully saturated rings. The molecule has 0 atom stereocenters. The Bertz CT molecular complexity index is 908. The van der Waals surface area contributed by atoms with E-state index in [1.54, 1.807) is 17.0 Å². The van der Waals surface area contributed by atoms with Gasteiger partial charge in [-0.05, 0) is 58.7 Å². The number of nitrogens with zero attached hydrogens (tertiary/aromatic N) is 3. The molecule has 0 saturated carbocycles. The predicted octanol–water partition coefficient (Wildman–Crippen LogP) is 3.21. The van der Waals surface area contributed by atoms with Crippen LogP contribution in [0.3, 0.4) is 0 Å². The lowest BCUT2D eigenvalue weighted by atomic mass is 10.1. The average molecular weight is 432 g/mol. The minimum Gasteiger partial charge on any atom is -0.369 e. The van der Waals surface area contributed by atoms with E-state index in [1.165, 1.54) is 12.1 Å². The van der Waals surface area contributed by atoms with E-state index in [2.05, 4.69) is 25.7 Å². The molecular formula is C20H19BrFN3O2. The van der Waals surface area contributed by atoms with Gasteiger partial charge in [-0.25, -0.2) is 4.39 Å². The zero-order chi connectivity index (χ0) is 19.1. The molecule has 0 radical (unpaired) electrons. The third-order valence-corrected chi connectivity index (χ3v) is 6.20. The maximum Gasteiger partial charge on any atom is 0.300 e. The molecule has 2 aromatic carbocycles. The smallest absolute Gasteiger partial charge is 0.300 e.